The molecular formula is C22H29N5O2. The average Bonchev–Trinajstić information content (AvgIpc) is 3.17. The van der Waals surface area contributed by atoms with Crippen molar-refractivity contribution in [2.45, 2.75) is 26.0 Å². The van der Waals surface area contributed by atoms with Gasteiger partial charge in [-0.3, -0.25) is 4.68 Å². The number of aliphatic hydroxyl groups is 1. The molecule has 0 amide bonds. The molecule has 7 nitrogen and oxygen atoms in total. The standard InChI is InChI=1S/C22H29N5O2/c1-5-23-21(25-15-22(2,28)19-13-26-27(3)14-19)24-12-16-6-7-18-11-20(29-4)9-8-17(18)10-16/h6-11,13-14,28H,5,12,15H2,1-4H3,(H2,23,24,25). The monoisotopic (exact) mass is 395 g/mol. The van der Waals surface area contributed by atoms with Gasteiger partial charge in [0.15, 0.2) is 5.96 Å². The molecule has 0 saturated carbocycles. The van der Waals surface area contributed by atoms with E-state index in [-0.39, 0.29) is 0 Å². The normalized spacial score (nSPS) is 13.9. The Kier molecular flexibility index (Phi) is 6.39. The van der Waals surface area contributed by atoms with Gasteiger partial charge in [0, 0.05) is 25.4 Å². The highest BCUT2D eigenvalue weighted by Crippen LogP contribution is 2.22. The summed E-state index contributed by atoms with van der Waals surface area (Å²) in [6, 6.07) is 12.3. The zero-order valence-electron chi connectivity index (χ0n) is 17.4. The number of hydrogen-bond donors (Lipinski definition) is 3. The van der Waals surface area contributed by atoms with E-state index in [9.17, 15) is 5.11 Å². The van der Waals surface area contributed by atoms with Gasteiger partial charge in [-0.1, -0.05) is 18.2 Å². The Labute approximate surface area is 171 Å². The first-order chi connectivity index (χ1) is 13.9. The molecule has 0 radical (unpaired) electrons. The zero-order chi connectivity index (χ0) is 20.9. The molecule has 0 spiro atoms. The Morgan fingerprint density at radius 1 is 1.21 bits per heavy atom. The fraction of sp³-hybridized carbons (Fsp3) is 0.364. The van der Waals surface area contributed by atoms with Gasteiger partial charge in [0.2, 0.25) is 0 Å². The Balaban J connectivity index is 1.69. The van der Waals surface area contributed by atoms with E-state index in [2.05, 4.69) is 45.0 Å². The highest BCUT2D eigenvalue weighted by atomic mass is 16.5. The van der Waals surface area contributed by atoms with Gasteiger partial charge in [0.25, 0.3) is 0 Å². The van der Waals surface area contributed by atoms with Crippen molar-refractivity contribution in [3.8, 4) is 5.75 Å². The van der Waals surface area contributed by atoms with Gasteiger partial charge in [-0.15, -0.1) is 0 Å². The number of fused-ring (bicyclic) bond motifs is 1. The highest BCUT2D eigenvalue weighted by Gasteiger charge is 2.24. The molecule has 3 aromatic rings. The van der Waals surface area contributed by atoms with E-state index in [1.807, 2.05) is 32.3 Å². The summed E-state index contributed by atoms with van der Waals surface area (Å²) in [7, 11) is 3.50. The van der Waals surface area contributed by atoms with Crippen molar-refractivity contribution in [1.82, 2.24) is 20.4 Å². The number of rotatable bonds is 7. The van der Waals surface area contributed by atoms with Crippen molar-refractivity contribution in [3.63, 3.8) is 0 Å². The number of guanidine groups is 1. The molecule has 0 bridgehead atoms. The number of methoxy groups -OCH3 is 1. The number of aliphatic imine (C=N–C) groups is 1. The molecule has 3 rings (SSSR count). The van der Waals surface area contributed by atoms with Crippen LogP contribution >= 0.6 is 0 Å². The van der Waals surface area contributed by atoms with Crippen molar-refractivity contribution >= 4 is 16.7 Å². The minimum atomic E-state index is -1.05. The summed E-state index contributed by atoms with van der Waals surface area (Å²) in [6.45, 7) is 5.37. The van der Waals surface area contributed by atoms with Gasteiger partial charge in [-0.05, 0) is 48.4 Å². The molecule has 29 heavy (non-hydrogen) atoms. The number of ether oxygens (including phenoxy) is 1. The number of benzene rings is 2. The fourth-order valence-corrected chi connectivity index (χ4v) is 3.07. The third kappa shape index (κ3) is 5.26. The minimum absolute atomic E-state index is 0.321. The first kappa shape index (κ1) is 20.7. The van der Waals surface area contributed by atoms with Gasteiger partial charge in [-0.2, -0.15) is 5.10 Å². The fourth-order valence-electron chi connectivity index (χ4n) is 3.07. The van der Waals surface area contributed by atoms with E-state index in [1.165, 1.54) is 0 Å². The van der Waals surface area contributed by atoms with Gasteiger partial charge in [0.05, 0.1) is 26.4 Å². The summed E-state index contributed by atoms with van der Waals surface area (Å²) in [6.07, 6.45) is 3.49. The van der Waals surface area contributed by atoms with Crippen LogP contribution in [-0.2, 0) is 19.2 Å². The lowest BCUT2D eigenvalue weighted by Crippen LogP contribution is -2.44. The number of aromatic nitrogens is 2. The summed E-state index contributed by atoms with van der Waals surface area (Å²) in [5.41, 5.74) is 0.819. The summed E-state index contributed by atoms with van der Waals surface area (Å²) in [4.78, 5) is 4.66. The van der Waals surface area contributed by atoms with Gasteiger partial charge in [0.1, 0.15) is 11.4 Å². The summed E-state index contributed by atoms with van der Waals surface area (Å²) in [5.74, 6) is 1.51. The summed E-state index contributed by atoms with van der Waals surface area (Å²) >= 11 is 0. The molecule has 1 atom stereocenters. The van der Waals surface area contributed by atoms with Crippen LogP contribution in [0.25, 0.3) is 10.8 Å². The Hall–Kier alpha value is -3.06. The Bertz CT molecular complexity index is 994. The number of nitrogens with zero attached hydrogens (tertiary/aromatic N) is 3. The predicted octanol–water partition coefficient (Wildman–Crippen LogP) is 2.54. The van der Waals surface area contributed by atoms with Crippen molar-refractivity contribution < 1.29 is 9.84 Å². The van der Waals surface area contributed by atoms with Gasteiger partial charge in [-0.25, -0.2) is 4.99 Å². The van der Waals surface area contributed by atoms with Gasteiger partial charge >= 0.3 is 0 Å². The average molecular weight is 396 g/mol. The van der Waals surface area contributed by atoms with E-state index in [0.717, 1.165) is 34.2 Å². The molecule has 0 aliphatic rings. The zero-order valence-corrected chi connectivity index (χ0v) is 17.4. The van der Waals surface area contributed by atoms with Gasteiger partial charge < -0.3 is 20.5 Å². The molecule has 3 N–H and O–H groups in total. The van der Waals surface area contributed by atoms with E-state index in [4.69, 9.17) is 4.74 Å². The third-order valence-corrected chi connectivity index (χ3v) is 4.80. The molecule has 1 unspecified atom stereocenters. The topological polar surface area (TPSA) is 83.7 Å². The van der Waals surface area contributed by atoms with E-state index < -0.39 is 5.60 Å². The van der Waals surface area contributed by atoms with Crippen molar-refractivity contribution in [1.29, 1.82) is 0 Å². The van der Waals surface area contributed by atoms with Crippen LogP contribution in [0.1, 0.15) is 25.0 Å². The van der Waals surface area contributed by atoms with Crippen LogP contribution in [0.3, 0.4) is 0 Å². The maximum atomic E-state index is 10.8. The van der Waals surface area contributed by atoms with E-state index in [0.29, 0.717) is 19.0 Å². The van der Waals surface area contributed by atoms with E-state index >= 15 is 0 Å². The molecule has 7 heteroatoms. The van der Waals surface area contributed by atoms with E-state index in [1.54, 1.807) is 24.9 Å². The molecule has 1 aromatic heterocycles. The SMILES string of the molecule is CCNC(=NCc1ccc2cc(OC)ccc2c1)NCC(C)(O)c1cnn(C)c1. The molecule has 1 heterocycles. The van der Waals surface area contributed by atoms with Crippen molar-refractivity contribution in [3.05, 3.63) is 59.9 Å². The third-order valence-electron chi connectivity index (χ3n) is 4.80. The second kappa shape index (κ2) is 8.96. The lowest BCUT2D eigenvalue weighted by atomic mass is 10.00. The van der Waals surface area contributed by atoms with Crippen LogP contribution in [0.5, 0.6) is 5.75 Å². The lowest BCUT2D eigenvalue weighted by molar-refractivity contribution is 0.0616. The van der Waals surface area contributed by atoms with Crippen LogP contribution in [-0.4, -0.2) is 41.0 Å². The highest BCUT2D eigenvalue weighted by molar-refractivity contribution is 5.84. The first-order valence-electron chi connectivity index (χ1n) is 9.71. The number of hydrogen-bond acceptors (Lipinski definition) is 4. The van der Waals surface area contributed by atoms with Crippen LogP contribution in [0.15, 0.2) is 53.8 Å². The van der Waals surface area contributed by atoms with Crippen LogP contribution in [0.4, 0.5) is 0 Å². The predicted molar refractivity (Wildman–Crippen MR) is 116 cm³/mol. The van der Waals surface area contributed by atoms with Crippen molar-refractivity contribution in [2.24, 2.45) is 12.0 Å². The largest absolute Gasteiger partial charge is 0.497 e. The Morgan fingerprint density at radius 2 is 1.97 bits per heavy atom. The quantitative estimate of drug-likeness (QED) is 0.423. The summed E-state index contributed by atoms with van der Waals surface area (Å²) < 4.78 is 6.96. The maximum Gasteiger partial charge on any atom is 0.191 e. The molecular weight excluding hydrogens is 366 g/mol. The van der Waals surface area contributed by atoms with Crippen LogP contribution in [0.2, 0.25) is 0 Å². The minimum Gasteiger partial charge on any atom is -0.497 e. The summed E-state index contributed by atoms with van der Waals surface area (Å²) in [5, 5.41) is 23.6. The smallest absolute Gasteiger partial charge is 0.191 e. The number of nitrogens with one attached hydrogen (secondary N) is 2. The van der Waals surface area contributed by atoms with Crippen LogP contribution < -0.4 is 15.4 Å². The number of aryl methyl sites for hydroxylation is 1. The Morgan fingerprint density at radius 3 is 2.66 bits per heavy atom. The molecule has 2 aromatic carbocycles. The van der Waals surface area contributed by atoms with Crippen molar-refractivity contribution in [2.75, 3.05) is 20.2 Å². The second-order valence-corrected chi connectivity index (χ2v) is 7.27. The lowest BCUT2D eigenvalue weighted by Gasteiger charge is -2.23. The maximum absolute atomic E-state index is 10.8. The van der Waals surface area contributed by atoms with Crippen LogP contribution in [0, 0.1) is 0 Å². The first-order valence-corrected chi connectivity index (χ1v) is 9.71. The molecule has 154 valence electrons. The molecule has 0 aliphatic heterocycles. The second-order valence-electron chi connectivity index (χ2n) is 7.27. The molecule has 0 fully saturated rings. The molecule has 0 aliphatic carbocycles. The molecule has 0 saturated heterocycles.